The Labute approximate surface area is 150 Å². The highest BCUT2D eigenvalue weighted by Crippen LogP contribution is 2.35. The van der Waals surface area contributed by atoms with Gasteiger partial charge in [-0.15, -0.1) is 11.3 Å². The molecule has 0 atom stereocenters. The van der Waals surface area contributed by atoms with E-state index in [1.165, 1.54) is 11.3 Å². The standard InChI is InChI=1S/C19H19ClN2OS/c1-2-3-10-21-19(23)18-17(22-11-4-5-12-22)16(13-24-18)14-6-8-15(20)9-7-14/h4-9,11-13H,2-3,10H2,1H3,(H,21,23). The average molecular weight is 359 g/mol. The number of unbranched alkanes of at least 4 members (excludes halogenated alkanes) is 1. The number of benzene rings is 1. The summed E-state index contributed by atoms with van der Waals surface area (Å²) in [5, 5.41) is 5.75. The second-order valence-electron chi connectivity index (χ2n) is 5.53. The molecule has 1 N–H and O–H groups in total. The zero-order chi connectivity index (χ0) is 16.9. The van der Waals surface area contributed by atoms with Crippen LogP contribution in [0.15, 0.2) is 54.2 Å². The zero-order valence-corrected chi connectivity index (χ0v) is 15.0. The van der Waals surface area contributed by atoms with Gasteiger partial charge < -0.3 is 9.88 Å². The van der Waals surface area contributed by atoms with E-state index >= 15 is 0 Å². The highest BCUT2D eigenvalue weighted by Gasteiger charge is 2.20. The number of thiophene rings is 1. The fourth-order valence-electron chi connectivity index (χ4n) is 2.55. The van der Waals surface area contributed by atoms with Crippen molar-refractivity contribution < 1.29 is 4.79 Å². The van der Waals surface area contributed by atoms with Crippen LogP contribution in [0.25, 0.3) is 16.8 Å². The summed E-state index contributed by atoms with van der Waals surface area (Å²) < 4.78 is 2.00. The Bertz CT molecular complexity index is 807. The molecule has 0 saturated carbocycles. The number of carbonyl (C=O) groups excluding carboxylic acids is 1. The second kappa shape index (κ2) is 7.69. The number of hydrogen-bond donors (Lipinski definition) is 1. The Balaban J connectivity index is 2.01. The fraction of sp³-hybridized carbons (Fsp3) is 0.211. The lowest BCUT2D eigenvalue weighted by Gasteiger charge is -2.10. The summed E-state index contributed by atoms with van der Waals surface area (Å²) in [6.07, 6.45) is 5.97. The summed E-state index contributed by atoms with van der Waals surface area (Å²) in [4.78, 5) is 13.3. The van der Waals surface area contributed by atoms with E-state index in [0.29, 0.717) is 11.6 Å². The predicted octanol–water partition coefficient (Wildman–Crippen LogP) is 5.39. The van der Waals surface area contributed by atoms with Crippen molar-refractivity contribution in [1.82, 2.24) is 9.88 Å². The highest BCUT2D eigenvalue weighted by molar-refractivity contribution is 7.13. The van der Waals surface area contributed by atoms with Crippen LogP contribution in [-0.4, -0.2) is 17.0 Å². The van der Waals surface area contributed by atoms with E-state index in [-0.39, 0.29) is 5.91 Å². The molecule has 3 nitrogen and oxygen atoms in total. The fourth-order valence-corrected chi connectivity index (χ4v) is 3.66. The zero-order valence-electron chi connectivity index (χ0n) is 13.5. The number of nitrogens with one attached hydrogen (secondary N) is 1. The van der Waals surface area contributed by atoms with E-state index in [1.807, 2.05) is 58.7 Å². The van der Waals surface area contributed by atoms with Crippen molar-refractivity contribution in [2.45, 2.75) is 19.8 Å². The molecule has 3 aromatic rings. The molecular formula is C19H19ClN2OS. The molecule has 0 saturated heterocycles. The van der Waals surface area contributed by atoms with Gasteiger partial charge in [0.2, 0.25) is 0 Å². The molecule has 5 heteroatoms. The van der Waals surface area contributed by atoms with Gasteiger partial charge in [-0.1, -0.05) is 37.1 Å². The number of hydrogen-bond acceptors (Lipinski definition) is 2. The first-order valence-electron chi connectivity index (χ1n) is 7.99. The van der Waals surface area contributed by atoms with Crippen molar-refractivity contribution in [3.8, 4) is 16.8 Å². The van der Waals surface area contributed by atoms with Crippen LogP contribution in [0.4, 0.5) is 0 Å². The third-order valence-corrected chi connectivity index (χ3v) is 5.02. The molecule has 0 aliphatic heterocycles. The molecule has 0 radical (unpaired) electrons. The summed E-state index contributed by atoms with van der Waals surface area (Å²) in [5.41, 5.74) is 3.00. The minimum atomic E-state index is -0.0163. The Morgan fingerprint density at radius 3 is 2.58 bits per heavy atom. The third-order valence-electron chi connectivity index (χ3n) is 3.80. The van der Waals surface area contributed by atoms with Crippen LogP contribution < -0.4 is 5.32 Å². The van der Waals surface area contributed by atoms with Crippen molar-refractivity contribution in [2.24, 2.45) is 0 Å². The molecular weight excluding hydrogens is 340 g/mol. The molecule has 1 amide bonds. The van der Waals surface area contributed by atoms with Crippen LogP contribution in [0, 0.1) is 0 Å². The maximum absolute atomic E-state index is 12.6. The van der Waals surface area contributed by atoms with Crippen LogP contribution in [0.2, 0.25) is 5.02 Å². The van der Waals surface area contributed by atoms with Gasteiger partial charge in [0, 0.05) is 34.9 Å². The first-order chi connectivity index (χ1) is 11.7. The molecule has 0 aliphatic carbocycles. The van der Waals surface area contributed by atoms with Crippen LogP contribution in [-0.2, 0) is 0 Å². The van der Waals surface area contributed by atoms with Crippen LogP contribution in [0.5, 0.6) is 0 Å². The topological polar surface area (TPSA) is 34.0 Å². The van der Waals surface area contributed by atoms with Crippen molar-refractivity contribution >= 4 is 28.8 Å². The molecule has 2 heterocycles. The normalized spacial score (nSPS) is 10.8. The molecule has 124 valence electrons. The van der Waals surface area contributed by atoms with Gasteiger partial charge in [0.25, 0.3) is 5.91 Å². The minimum absolute atomic E-state index is 0.0163. The summed E-state index contributed by atoms with van der Waals surface area (Å²) in [7, 11) is 0. The highest BCUT2D eigenvalue weighted by atomic mass is 35.5. The number of halogens is 1. The van der Waals surface area contributed by atoms with Crippen molar-refractivity contribution in [3.63, 3.8) is 0 Å². The van der Waals surface area contributed by atoms with Crippen molar-refractivity contribution in [1.29, 1.82) is 0 Å². The largest absolute Gasteiger partial charge is 0.351 e. The number of nitrogens with zero attached hydrogens (tertiary/aromatic N) is 1. The van der Waals surface area contributed by atoms with Gasteiger partial charge in [-0.05, 0) is 36.2 Å². The van der Waals surface area contributed by atoms with Gasteiger partial charge in [0.1, 0.15) is 4.88 Å². The van der Waals surface area contributed by atoms with Gasteiger partial charge in [-0.2, -0.15) is 0 Å². The average Bonchev–Trinajstić information content (AvgIpc) is 3.24. The minimum Gasteiger partial charge on any atom is -0.351 e. The van der Waals surface area contributed by atoms with Gasteiger partial charge >= 0.3 is 0 Å². The summed E-state index contributed by atoms with van der Waals surface area (Å²) in [6.45, 7) is 2.82. The monoisotopic (exact) mass is 358 g/mol. The lowest BCUT2D eigenvalue weighted by molar-refractivity contribution is 0.0957. The van der Waals surface area contributed by atoms with E-state index in [1.54, 1.807) is 0 Å². The van der Waals surface area contributed by atoms with Crippen LogP contribution in [0.1, 0.15) is 29.4 Å². The Morgan fingerprint density at radius 1 is 1.21 bits per heavy atom. The molecule has 24 heavy (non-hydrogen) atoms. The smallest absolute Gasteiger partial charge is 0.263 e. The number of aromatic nitrogens is 1. The third kappa shape index (κ3) is 3.55. The Kier molecular flexibility index (Phi) is 5.38. The molecule has 1 aromatic carbocycles. The molecule has 0 aliphatic rings. The molecule has 0 fully saturated rings. The molecule has 3 rings (SSSR count). The SMILES string of the molecule is CCCCNC(=O)c1scc(-c2ccc(Cl)cc2)c1-n1cccc1. The van der Waals surface area contributed by atoms with Gasteiger partial charge in [-0.25, -0.2) is 0 Å². The first kappa shape index (κ1) is 16.8. The maximum atomic E-state index is 12.6. The molecule has 0 spiro atoms. The summed E-state index contributed by atoms with van der Waals surface area (Å²) in [5.74, 6) is -0.0163. The molecule has 0 bridgehead atoms. The predicted molar refractivity (Wildman–Crippen MR) is 101 cm³/mol. The first-order valence-corrected chi connectivity index (χ1v) is 9.25. The summed E-state index contributed by atoms with van der Waals surface area (Å²) >= 11 is 7.47. The lowest BCUT2D eigenvalue weighted by Crippen LogP contribution is -2.24. The van der Waals surface area contributed by atoms with Crippen LogP contribution in [0.3, 0.4) is 0 Å². The number of amides is 1. The van der Waals surface area contributed by atoms with Gasteiger partial charge in [0.15, 0.2) is 0 Å². The number of carbonyl (C=O) groups is 1. The second-order valence-corrected chi connectivity index (χ2v) is 6.85. The van der Waals surface area contributed by atoms with Crippen molar-refractivity contribution in [3.05, 3.63) is 64.1 Å². The van der Waals surface area contributed by atoms with E-state index in [2.05, 4.69) is 12.2 Å². The van der Waals surface area contributed by atoms with Gasteiger partial charge in [0.05, 0.1) is 5.69 Å². The quantitative estimate of drug-likeness (QED) is 0.589. The van der Waals surface area contributed by atoms with E-state index in [9.17, 15) is 4.79 Å². The maximum Gasteiger partial charge on any atom is 0.263 e. The summed E-state index contributed by atoms with van der Waals surface area (Å²) in [6, 6.07) is 11.6. The van der Waals surface area contributed by atoms with E-state index < -0.39 is 0 Å². The van der Waals surface area contributed by atoms with Gasteiger partial charge in [-0.3, -0.25) is 4.79 Å². The van der Waals surface area contributed by atoms with E-state index in [4.69, 9.17) is 11.6 Å². The van der Waals surface area contributed by atoms with Crippen LogP contribution >= 0.6 is 22.9 Å². The Hall–Kier alpha value is -2.04. The Morgan fingerprint density at radius 2 is 1.92 bits per heavy atom. The lowest BCUT2D eigenvalue weighted by atomic mass is 10.1. The number of rotatable bonds is 6. The molecule has 0 unspecified atom stereocenters. The van der Waals surface area contributed by atoms with Crippen molar-refractivity contribution in [2.75, 3.05) is 6.54 Å². The molecule has 2 aromatic heterocycles. The van der Waals surface area contributed by atoms with E-state index in [0.717, 1.165) is 34.5 Å².